The molecule has 1 saturated heterocycles. The van der Waals surface area contributed by atoms with Crippen molar-refractivity contribution in [3.8, 4) is 23.3 Å². The highest BCUT2D eigenvalue weighted by Crippen LogP contribution is 2.42. The number of sulfonamides is 1. The molecule has 8 nitrogen and oxygen atoms in total. The van der Waals surface area contributed by atoms with Crippen LogP contribution in [-0.4, -0.2) is 56.7 Å². The first-order valence-electron chi connectivity index (χ1n) is 10.8. The summed E-state index contributed by atoms with van der Waals surface area (Å²) in [6, 6.07) is 21.4. The SMILES string of the molecule is COc1cccc2c1Oc1ccccc1N=C2N1CCN(S(=O)(=O)c2ccccc2C#N)CC1. The van der Waals surface area contributed by atoms with E-state index in [4.69, 9.17) is 14.5 Å². The van der Waals surface area contributed by atoms with E-state index >= 15 is 0 Å². The molecule has 34 heavy (non-hydrogen) atoms. The lowest BCUT2D eigenvalue weighted by Gasteiger charge is -2.36. The van der Waals surface area contributed by atoms with Crippen molar-refractivity contribution >= 4 is 21.5 Å². The molecule has 2 aliphatic heterocycles. The third kappa shape index (κ3) is 3.77. The lowest BCUT2D eigenvalue weighted by Crippen LogP contribution is -2.50. The molecule has 172 valence electrons. The molecule has 3 aromatic rings. The van der Waals surface area contributed by atoms with E-state index in [1.165, 1.54) is 16.4 Å². The molecule has 0 atom stereocenters. The number of para-hydroxylation sites is 3. The van der Waals surface area contributed by atoms with Gasteiger partial charge >= 0.3 is 0 Å². The average molecular weight is 475 g/mol. The quantitative estimate of drug-likeness (QED) is 0.574. The van der Waals surface area contributed by atoms with Crippen LogP contribution >= 0.6 is 0 Å². The zero-order valence-electron chi connectivity index (χ0n) is 18.5. The second-order valence-electron chi connectivity index (χ2n) is 7.84. The van der Waals surface area contributed by atoms with E-state index in [2.05, 4.69) is 4.90 Å². The number of nitrogens with zero attached hydrogens (tertiary/aromatic N) is 4. The molecule has 1 fully saturated rings. The van der Waals surface area contributed by atoms with E-state index in [-0.39, 0.29) is 23.5 Å². The van der Waals surface area contributed by atoms with Crippen LogP contribution < -0.4 is 9.47 Å². The minimum atomic E-state index is -3.79. The Hall–Kier alpha value is -3.87. The molecule has 0 aliphatic carbocycles. The van der Waals surface area contributed by atoms with Gasteiger partial charge in [0.1, 0.15) is 17.6 Å². The van der Waals surface area contributed by atoms with Gasteiger partial charge in [0.2, 0.25) is 10.0 Å². The predicted octanol–water partition coefficient (Wildman–Crippen LogP) is 3.76. The van der Waals surface area contributed by atoms with Crippen molar-refractivity contribution < 1.29 is 17.9 Å². The third-order valence-corrected chi connectivity index (χ3v) is 7.86. The molecular formula is C25H22N4O4S. The summed E-state index contributed by atoms with van der Waals surface area (Å²) in [6.07, 6.45) is 0. The molecule has 5 rings (SSSR count). The second kappa shape index (κ2) is 8.82. The second-order valence-corrected chi connectivity index (χ2v) is 9.75. The number of nitriles is 1. The molecule has 0 amide bonds. The molecule has 0 N–H and O–H groups in total. The number of piperazine rings is 1. The molecule has 2 aliphatic rings. The van der Waals surface area contributed by atoms with Crippen molar-refractivity contribution in [1.82, 2.24) is 9.21 Å². The van der Waals surface area contributed by atoms with Gasteiger partial charge in [0.05, 0.1) is 23.1 Å². The summed E-state index contributed by atoms with van der Waals surface area (Å²) < 4.78 is 39.6. The monoisotopic (exact) mass is 474 g/mol. The van der Waals surface area contributed by atoms with Crippen molar-refractivity contribution in [3.05, 3.63) is 77.9 Å². The van der Waals surface area contributed by atoms with Crippen LogP contribution in [0.2, 0.25) is 0 Å². The highest BCUT2D eigenvalue weighted by atomic mass is 32.2. The van der Waals surface area contributed by atoms with Crippen LogP contribution in [0.4, 0.5) is 5.69 Å². The average Bonchev–Trinajstić information content (AvgIpc) is 3.05. The van der Waals surface area contributed by atoms with Gasteiger partial charge in [-0.1, -0.05) is 30.3 Å². The number of fused-ring (bicyclic) bond motifs is 2. The van der Waals surface area contributed by atoms with Gasteiger partial charge in [0, 0.05) is 26.2 Å². The molecule has 0 aromatic heterocycles. The largest absolute Gasteiger partial charge is 0.493 e. The van der Waals surface area contributed by atoms with Gasteiger partial charge in [0.15, 0.2) is 17.2 Å². The van der Waals surface area contributed by atoms with Gasteiger partial charge in [0.25, 0.3) is 0 Å². The Morgan fingerprint density at radius 1 is 0.971 bits per heavy atom. The van der Waals surface area contributed by atoms with Crippen molar-refractivity contribution in [2.24, 2.45) is 4.99 Å². The van der Waals surface area contributed by atoms with E-state index in [9.17, 15) is 13.7 Å². The van der Waals surface area contributed by atoms with Crippen molar-refractivity contribution in [2.45, 2.75) is 4.90 Å². The van der Waals surface area contributed by atoms with Crippen LogP contribution in [0.5, 0.6) is 17.2 Å². The normalized spacial score (nSPS) is 15.8. The van der Waals surface area contributed by atoms with Crippen LogP contribution in [0.3, 0.4) is 0 Å². The Morgan fingerprint density at radius 3 is 2.47 bits per heavy atom. The zero-order chi connectivity index (χ0) is 23.7. The standard InChI is InChI=1S/C25H22N4O4S/c1-32-22-11-6-8-19-24(22)33-21-10-4-3-9-20(21)27-25(19)28-13-15-29(16-14-28)34(30,31)23-12-5-2-7-18(23)17-26/h2-12H,13-16H2,1H3. The molecule has 0 unspecified atom stereocenters. The van der Waals surface area contributed by atoms with Crippen LogP contribution in [-0.2, 0) is 10.0 Å². The van der Waals surface area contributed by atoms with Gasteiger partial charge in [-0.2, -0.15) is 9.57 Å². The highest BCUT2D eigenvalue weighted by Gasteiger charge is 2.33. The van der Waals surface area contributed by atoms with Gasteiger partial charge in [-0.15, -0.1) is 0 Å². The predicted molar refractivity (Wildman–Crippen MR) is 127 cm³/mol. The van der Waals surface area contributed by atoms with Gasteiger partial charge < -0.3 is 14.4 Å². The Kier molecular flexibility index (Phi) is 5.69. The summed E-state index contributed by atoms with van der Waals surface area (Å²) in [4.78, 5) is 7.00. The Bertz CT molecular complexity index is 1420. The van der Waals surface area contributed by atoms with Crippen molar-refractivity contribution in [2.75, 3.05) is 33.3 Å². The lowest BCUT2D eigenvalue weighted by molar-refractivity contribution is 0.266. The van der Waals surface area contributed by atoms with Gasteiger partial charge in [-0.25, -0.2) is 13.4 Å². The number of hydrogen-bond acceptors (Lipinski definition) is 7. The maximum absolute atomic E-state index is 13.2. The third-order valence-electron chi connectivity index (χ3n) is 5.91. The zero-order valence-corrected chi connectivity index (χ0v) is 19.3. The van der Waals surface area contributed by atoms with E-state index in [1.54, 1.807) is 19.2 Å². The first-order valence-corrected chi connectivity index (χ1v) is 12.2. The number of rotatable bonds is 3. The maximum Gasteiger partial charge on any atom is 0.244 e. The fourth-order valence-corrected chi connectivity index (χ4v) is 5.75. The topological polar surface area (TPSA) is 95.2 Å². The molecular weight excluding hydrogens is 452 g/mol. The maximum atomic E-state index is 13.2. The Balaban J connectivity index is 1.47. The van der Waals surface area contributed by atoms with Gasteiger partial charge in [-0.3, -0.25) is 0 Å². The van der Waals surface area contributed by atoms with Crippen LogP contribution in [0, 0.1) is 11.3 Å². The molecule has 9 heteroatoms. The summed E-state index contributed by atoms with van der Waals surface area (Å²) in [5.41, 5.74) is 1.61. The number of aliphatic imine (C=N–C) groups is 1. The Labute approximate surface area is 198 Å². The lowest BCUT2D eigenvalue weighted by atomic mass is 10.1. The number of methoxy groups -OCH3 is 1. The van der Waals surface area contributed by atoms with E-state index in [1.807, 2.05) is 48.5 Å². The summed E-state index contributed by atoms with van der Waals surface area (Å²) >= 11 is 0. The molecule has 0 spiro atoms. The smallest absolute Gasteiger partial charge is 0.244 e. The summed E-state index contributed by atoms with van der Waals surface area (Å²) in [7, 11) is -2.19. The minimum absolute atomic E-state index is 0.0372. The summed E-state index contributed by atoms with van der Waals surface area (Å²) in [6.45, 7) is 1.41. The first kappa shape index (κ1) is 21.9. The summed E-state index contributed by atoms with van der Waals surface area (Å²) in [5, 5.41) is 9.36. The first-order chi connectivity index (χ1) is 16.5. The van der Waals surface area contributed by atoms with Crippen LogP contribution in [0.25, 0.3) is 0 Å². The number of ether oxygens (including phenoxy) is 2. The number of hydrogen-bond donors (Lipinski definition) is 0. The van der Waals surface area contributed by atoms with Crippen molar-refractivity contribution in [3.63, 3.8) is 0 Å². The van der Waals surface area contributed by atoms with Crippen molar-refractivity contribution in [1.29, 1.82) is 5.26 Å². The number of benzene rings is 3. The van der Waals surface area contributed by atoms with Crippen LogP contribution in [0.1, 0.15) is 11.1 Å². The van der Waals surface area contributed by atoms with E-state index in [0.29, 0.717) is 41.9 Å². The molecule has 0 radical (unpaired) electrons. The van der Waals surface area contributed by atoms with Crippen LogP contribution in [0.15, 0.2) is 76.6 Å². The van der Waals surface area contributed by atoms with E-state index < -0.39 is 10.0 Å². The van der Waals surface area contributed by atoms with E-state index in [0.717, 1.165) is 5.56 Å². The minimum Gasteiger partial charge on any atom is -0.493 e. The fourth-order valence-electron chi connectivity index (χ4n) is 4.18. The highest BCUT2D eigenvalue weighted by molar-refractivity contribution is 7.89. The Morgan fingerprint density at radius 2 is 1.71 bits per heavy atom. The van der Waals surface area contributed by atoms with Gasteiger partial charge in [-0.05, 0) is 36.4 Å². The molecule has 2 heterocycles. The molecule has 3 aromatic carbocycles. The molecule has 0 saturated carbocycles. The fraction of sp³-hybridized carbons (Fsp3) is 0.200. The summed E-state index contributed by atoms with van der Waals surface area (Å²) in [5.74, 6) is 2.49. The number of amidine groups is 1. The molecule has 0 bridgehead atoms.